The van der Waals surface area contributed by atoms with Crippen LogP contribution >= 0.6 is 0 Å². The first-order valence-corrected chi connectivity index (χ1v) is 17.1. The summed E-state index contributed by atoms with van der Waals surface area (Å²) < 4.78 is 54.9. The minimum absolute atomic E-state index is 0.0436. The van der Waals surface area contributed by atoms with E-state index in [-0.39, 0.29) is 41.8 Å². The molecule has 252 valence electrons. The lowest BCUT2D eigenvalue weighted by atomic mass is 10.00. The van der Waals surface area contributed by atoms with Gasteiger partial charge in [0.15, 0.2) is 11.5 Å². The number of carbonyl (C=O) groups is 2. The maximum absolute atomic E-state index is 14.6. The Morgan fingerprint density at radius 1 is 0.875 bits per heavy atom. The van der Waals surface area contributed by atoms with Crippen molar-refractivity contribution in [2.75, 3.05) is 24.1 Å². The first kappa shape index (κ1) is 34.4. The zero-order valence-electron chi connectivity index (χ0n) is 27.5. The fourth-order valence-corrected chi connectivity index (χ4v) is 6.86. The Hall–Kier alpha value is -4.90. The number of aryl methyl sites for hydroxylation is 1. The van der Waals surface area contributed by atoms with Crippen LogP contribution in [-0.2, 0) is 32.6 Å². The number of amides is 2. The molecule has 11 heteroatoms. The topological polar surface area (TPSA) is 105 Å². The molecule has 0 bridgehead atoms. The molecule has 1 aliphatic heterocycles. The van der Waals surface area contributed by atoms with Crippen LogP contribution in [0.3, 0.4) is 0 Å². The summed E-state index contributed by atoms with van der Waals surface area (Å²) in [7, 11) is -4.42. The van der Waals surface area contributed by atoms with Gasteiger partial charge in [-0.15, -0.1) is 0 Å². The molecule has 4 aromatic rings. The third-order valence-electron chi connectivity index (χ3n) is 7.87. The second kappa shape index (κ2) is 14.5. The molecule has 1 N–H and O–H groups in total. The third-order valence-corrected chi connectivity index (χ3v) is 9.64. The fourth-order valence-electron chi connectivity index (χ4n) is 5.43. The predicted molar refractivity (Wildman–Crippen MR) is 182 cm³/mol. The summed E-state index contributed by atoms with van der Waals surface area (Å²) in [5.41, 5.74) is 2.01. The molecule has 0 aromatic heterocycles. The van der Waals surface area contributed by atoms with Crippen LogP contribution in [0.2, 0.25) is 0 Å². The largest absolute Gasteiger partial charge is 0.486 e. The third kappa shape index (κ3) is 8.32. The molecule has 0 unspecified atom stereocenters. The van der Waals surface area contributed by atoms with Crippen molar-refractivity contribution in [3.8, 4) is 11.5 Å². The molecule has 0 aliphatic carbocycles. The lowest BCUT2D eigenvalue weighted by Crippen LogP contribution is -2.56. The van der Waals surface area contributed by atoms with Crippen molar-refractivity contribution in [3.05, 3.63) is 120 Å². The first-order chi connectivity index (χ1) is 22.8. The number of halogens is 1. The van der Waals surface area contributed by atoms with Crippen LogP contribution in [0.25, 0.3) is 0 Å². The van der Waals surface area contributed by atoms with Gasteiger partial charge in [-0.05, 0) is 80.8 Å². The normalized spacial score (nSPS) is 13.4. The first-order valence-electron chi connectivity index (χ1n) is 15.7. The standard InChI is InChI=1S/C37H40FN3O6S/c1-26-10-8-9-13-28(26)24-40(32(36(43)39-37(2,3)4)22-27-11-6-5-7-12-27)35(42)25-41(30-16-14-29(38)15-17-30)48(44,45)31-18-19-33-34(23-31)47-21-20-46-33/h5-19,23,32H,20-22,24-25H2,1-4H3,(H,39,43)/t32-/m0/s1. The number of rotatable bonds is 11. The lowest BCUT2D eigenvalue weighted by Gasteiger charge is -2.35. The summed E-state index contributed by atoms with van der Waals surface area (Å²) in [5.74, 6) is -0.895. The number of ether oxygens (including phenoxy) is 2. The Labute approximate surface area is 281 Å². The Bertz CT molecular complexity index is 1860. The highest BCUT2D eigenvalue weighted by molar-refractivity contribution is 7.92. The lowest BCUT2D eigenvalue weighted by molar-refractivity contribution is -0.140. The van der Waals surface area contributed by atoms with E-state index in [4.69, 9.17) is 9.47 Å². The van der Waals surface area contributed by atoms with Gasteiger partial charge in [0.25, 0.3) is 10.0 Å². The molecule has 0 radical (unpaired) electrons. The fraction of sp³-hybridized carbons (Fsp3) is 0.297. The quantitative estimate of drug-likeness (QED) is 0.221. The molecule has 2 amide bonds. The molecular formula is C37H40FN3O6S. The Morgan fingerprint density at radius 2 is 1.52 bits per heavy atom. The van der Waals surface area contributed by atoms with Crippen LogP contribution < -0.4 is 19.1 Å². The molecule has 4 aromatic carbocycles. The zero-order chi connectivity index (χ0) is 34.5. The van der Waals surface area contributed by atoms with Gasteiger partial charge in [-0.25, -0.2) is 12.8 Å². The van der Waals surface area contributed by atoms with E-state index in [0.717, 1.165) is 33.1 Å². The molecule has 5 rings (SSSR count). The van der Waals surface area contributed by atoms with E-state index in [1.54, 1.807) is 0 Å². The molecule has 0 fully saturated rings. The second-order valence-corrected chi connectivity index (χ2v) is 14.5. The molecule has 0 saturated heterocycles. The highest BCUT2D eigenvalue weighted by atomic mass is 32.2. The average molecular weight is 674 g/mol. The SMILES string of the molecule is Cc1ccccc1CN(C(=O)CN(c1ccc(F)cc1)S(=O)(=O)c1ccc2c(c1)OCCO2)[C@@H](Cc1ccccc1)C(=O)NC(C)(C)C. The van der Waals surface area contributed by atoms with Gasteiger partial charge in [-0.3, -0.25) is 13.9 Å². The van der Waals surface area contributed by atoms with E-state index in [9.17, 15) is 22.4 Å². The molecule has 1 aliphatic rings. The predicted octanol–water partition coefficient (Wildman–Crippen LogP) is 5.66. The summed E-state index contributed by atoms with van der Waals surface area (Å²) in [4.78, 5) is 30.0. The highest BCUT2D eigenvalue weighted by Crippen LogP contribution is 2.34. The van der Waals surface area contributed by atoms with Gasteiger partial charge in [0.1, 0.15) is 31.6 Å². The zero-order valence-corrected chi connectivity index (χ0v) is 28.3. The van der Waals surface area contributed by atoms with Crippen LogP contribution in [0.1, 0.15) is 37.5 Å². The molecule has 1 atom stereocenters. The summed E-state index contributed by atoms with van der Waals surface area (Å²) in [5, 5.41) is 3.02. The molecule has 48 heavy (non-hydrogen) atoms. The van der Waals surface area contributed by atoms with Gasteiger partial charge < -0.3 is 19.7 Å². The van der Waals surface area contributed by atoms with Gasteiger partial charge in [-0.2, -0.15) is 0 Å². The number of hydrogen-bond acceptors (Lipinski definition) is 6. The smallest absolute Gasteiger partial charge is 0.264 e. The minimum atomic E-state index is -4.42. The summed E-state index contributed by atoms with van der Waals surface area (Å²) >= 11 is 0. The van der Waals surface area contributed by atoms with Gasteiger partial charge in [0.05, 0.1) is 10.6 Å². The minimum Gasteiger partial charge on any atom is -0.486 e. The average Bonchev–Trinajstić information content (AvgIpc) is 3.05. The molecular weight excluding hydrogens is 633 g/mol. The number of hydrogen-bond donors (Lipinski definition) is 1. The Morgan fingerprint density at radius 3 is 2.19 bits per heavy atom. The van der Waals surface area contributed by atoms with E-state index in [1.807, 2.05) is 82.3 Å². The van der Waals surface area contributed by atoms with Gasteiger partial charge >= 0.3 is 0 Å². The van der Waals surface area contributed by atoms with Crippen molar-refractivity contribution in [2.24, 2.45) is 0 Å². The number of nitrogens with zero attached hydrogens (tertiary/aromatic N) is 2. The number of sulfonamides is 1. The van der Waals surface area contributed by atoms with Crippen LogP contribution in [0.5, 0.6) is 11.5 Å². The van der Waals surface area contributed by atoms with E-state index in [2.05, 4.69) is 5.32 Å². The molecule has 0 saturated carbocycles. The van der Waals surface area contributed by atoms with Gasteiger partial charge in [-0.1, -0.05) is 54.6 Å². The van der Waals surface area contributed by atoms with Crippen molar-refractivity contribution in [1.82, 2.24) is 10.2 Å². The number of carbonyl (C=O) groups excluding carboxylic acids is 2. The van der Waals surface area contributed by atoms with Crippen LogP contribution in [0.15, 0.2) is 102 Å². The number of fused-ring (bicyclic) bond motifs is 1. The van der Waals surface area contributed by atoms with Gasteiger partial charge in [0, 0.05) is 24.6 Å². The number of nitrogens with one attached hydrogen (secondary N) is 1. The van der Waals surface area contributed by atoms with Crippen molar-refractivity contribution in [3.63, 3.8) is 0 Å². The summed E-state index contributed by atoms with van der Waals surface area (Å²) in [6.45, 7) is 7.44. The molecule has 0 spiro atoms. The summed E-state index contributed by atoms with van der Waals surface area (Å²) in [6.07, 6.45) is 0.186. The second-order valence-electron chi connectivity index (χ2n) is 12.7. The molecule has 1 heterocycles. The number of benzene rings is 4. The van der Waals surface area contributed by atoms with Crippen molar-refractivity contribution in [2.45, 2.75) is 57.1 Å². The van der Waals surface area contributed by atoms with Crippen molar-refractivity contribution in [1.29, 1.82) is 0 Å². The maximum atomic E-state index is 14.6. The van der Waals surface area contributed by atoms with E-state index in [0.29, 0.717) is 12.4 Å². The maximum Gasteiger partial charge on any atom is 0.264 e. The van der Waals surface area contributed by atoms with E-state index in [1.165, 1.54) is 35.2 Å². The van der Waals surface area contributed by atoms with Crippen molar-refractivity contribution < 1.29 is 31.9 Å². The monoisotopic (exact) mass is 673 g/mol. The highest BCUT2D eigenvalue weighted by Gasteiger charge is 2.36. The van der Waals surface area contributed by atoms with Crippen LogP contribution in [-0.4, -0.2) is 56.5 Å². The Kier molecular flexibility index (Phi) is 10.4. The van der Waals surface area contributed by atoms with Crippen molar-refractivity contribution >= 4 is 27.5 Å². The van der Waals surface area contributed by atoms with Crippen LogP contribution in [0.4, 0.5) is 10.1 Å². The van der Waals surface area contributed by atoms with E-state index >= 15 is 0 Å². The van der Waals surface area contributed by atoms with Crippen LogP contribution in [0, 0.1) is 12.7 Å². The summed E-state index contributed by atoms with van der Waals surface area (Å²) in [6, 6.07) is 25.0. The molecule has 9 nitrogen and oxygen atoms in total. The van der Waals surface area contributed by atoms with E-state index < -0.39 is 39.9 Å². The Balaban J connectivity index is 1.59. The van der Waals surface area contributed by atoms with Gasteiger partial charge in [0.2, 0.25) is 11.8 Å². The number of anilines is 1.